The number of benzene rings is 1. The first-order valence-electron chi connectivity index (χ1n) is 8.78. The van der Waals surface area contributed by atoms with Gasteiger partial charge in [-0.1, -0.05) is 23.7 Å². The van der Waals surface area contributed by atoms with Crippen LogP contribution in [0.25, 0.3) is 0 Å². The third kappa shape index (κ3) is 4.19. The number of amides is 1. The number of hydrogen-bond acceptors (Lipinski definition) is 5. The van der Waals surface area contributed by atoms with Crippen molar-refractivity contribution in [3.05, 3.63) is 51.2 Å². The van der Waals surface area contributed by atoms with Crippen LogP contribution in [-0.4, -0.2) is 53.0 Å². The van der Waals surface area contributed by atoms with E-state index in [1.807, 2.05) is 22.9 Å². The molecule has 28 heavy (non-hydrogen) atoms. The Labute approximate surface area is 176 Å². The number of carbonyl (C=O) groups excluding carboxylic acids is 2. The van der Waals surface area contributed by atoms with Crippen molar-refractivity contribution >= 4 is 45.1 Å². The van der Waals surface area contributed by atoms with Gasteiger partial charge in [0.1, 0.15) is 5.69 Å². The average molecular weight is 471 g/mol. The molecule has 1 aliphatic heterocycles. The van der Waals surface area contributed by atoms with Crippen LogP contribution in [-0.2, 0) is 16.1 Å². The second kappa shape index (κ2) is 8.55. The molecular formula is C19H21BrClN3O4. The van der Waals surface area contributed by atoms with Crippen LogP contribution in [0.5, 0.6) is 0 Å². The number of nitrogens with zero attached hydrogens (tertiary/aromatic N) is 3. The average Bonchev–Trinajstić information content (AvgIpc) is 2.97. The number of carbonyl (C=O) groups is 2. The lowest BCUT2D eigenvalue weighted by molar-refractivity contribution is -0.141. The van der Waals surface area contributed by atoms with Crippen LogP contribution < -0.4 is 4.90 Å². The molecule has 150 valence electrons. The molecule has 1 aromatic heterocycles. The molecule has 0 spiro atoms. The van der Waals surface area contributed by atoms with E-state index in [0.29, 0.717) is 29.4 Å². The second-order valence-electron chi connectivity index (χ2n) is 6.58. The molecular weight excluding hydrogens is 450 g/mol. The minimum atomic E-state index is -1.10. The highest BCUT2D eigenvalue weighted by atomic mass is 79.9. The smallest absolute Gasteiger partial charge is 0.302 e. The van der Waals surface area contributed by atoms with Gasteiger partial charge in [0.05, 0.1) is 16.8 Å². The number of hydrogen-bond donors (Lipinski definition) is 1. The molecule has 0 aliphatic carbocycles. The Hall–Kier alpha value is -2.03. The van der Waals surface area contributed by atoms with E-state index in [1.165, 1.54) is 11.8 Å². The number of halogens is 2. The van der Waals surface area contributed by atoms with Crippen molar-refractivity contribution in [3.63, 3.8) is 0 Å². The van der Waals surface area contributed by atoms with Gasteiger partial charge in [-0.05, 0) is 40.0 Å². The maximum absolute atomic E-state index is 13.1. The lowest BCUT2D eigenvalue weighted by atomic mass is 10.2. The molecule has 0 radical (unpaired) electrons. The zero-order valence-electron chi connectivity index (χ0n) is 15.6. The van der Waals surface area contributed by atoms with Crippen LogP contribution in [0.1, 0.15) is 29.4 Å². The first-order valence-corrected chi connectivity index (χ1v) is 9.95. The van der Waals surface area contributed by atoms with Gasteiger partial charge in [0.25, 0.3) is 5.91 Å². The molecule has 7 nitrogen and oxygen atoms in total. The fourth-order valence-corrected chi connectivity index (χ4v) is 4.06. The number of aromatic nitrogens is 1. The molecule has 9 heteroatoms. The molecule has 1 N–H and O–H groups in total. The zero-order valence-corrected chi connectivity index (χ0v) is 17.9. The predicted molar refractivity (Wildman–Crippen MR) is 109 cm³/mol. The zero-order chi connectivity index (χ0) is 20.4. The number of rotatable bonds is 6. The molecule has 0 saturated carbocycles. The lowest BCUT2D eigenvalue weighted by Crippen LogP contribution is -2.54. The molecule has 2 heterocycles. The summed E-state index contributed by atoms with van der Waals surface area (Å²) in [6, 6.07) is 7.43. The Morgan fingerprint density at radius 3 is 2.64 bits per heavy atom. The van der Waals surface area contributed by atoms with E-state index >= 15 is 0 Å². The Morgan fingerprint density at radius 2 is 2.00 bits per heavy atom. The fraction of sp³-hybridized carbons (Fsp3) is 0.368. The van der Waals surface area contributed by atoms with Crippen molar-refractivity contribution in [3.8, 4) is 0 Å². The van der Waals surface area contributed by atoms with Gasteiger partial charge < -0.3 is 19.3 Å². The topological polar surface area (TPSA) is 75.0 Å². The van der Waals surface area contributed by atoms with Crippen molar-refractivity contribution in [1.82, 2.24) is 9.47 Å². The first-order chi connectivity index (χ1) is 13.3. The number of anilines is 1. The molecule has 1 unspecified atom stereocenters. The molecule has 3 rings (SSSR count). The van der Waals surface area contributed by atoms with Gasteiger partial charge in [-0.2, -0.15) is 0 Å². The summed E-state index contributed by atoms with van der Waals surface area (Å²) in [6.45, 7) is 2.28. The first kappa shape index (κ1) is 20.7. The van der Waals surface area contributed by atoms with Crippen LogP contribution in [0.2, 0.25) is 5.02 Å². The Kier molecular flexibility index (Phi) is 6.32. The highest BCUT2D eigenvalue weighted by Gasteiger charge is 2.38. The fourth-order valence-electron chi connectivity index (χ4n) is 3.22. The minimum absolute atomic E-state index is 0.192. The van der Waals surface area contributed by atoms with Crippen molar-refractivity contribution in [1.29, 1.82) is 0 Å². The van der Waals surface area contributed by atoms with Gasteiger partial charge in [-0.15, -0.1) is 0 Å². The van der Waals surface area contributed by atoms with Gasteiger partial charge >= 0.3 is 5.97 Å². The second-order valence-corrected chi connectivity index (χ2v) is 7.87. The van der Waals surface area contributed by atoms with Crippen LogP contribution in [0.4, 0.5) is 5.69 Å². The number of aliphatic hydroxyl groups excluding tert-OH is 1. The van der Waals surface area contributed by atoms with Crippen molar-refractivity contribution in [2.45, 2.75) is 26.2 Å². The van der Waals surface area contributed by atoms with E-state index < -0.39 is 6.35 Å². The van der Waals surface area contributed by atoms with E-state index in [0.717, 1.165) is 10.0 Å². The maximum atomic E-state index is 13.1. The summed E-state index contributed by atoms with van der Waals surface area (Å²) in [5, 5.41) is 11.2. The van der Waals surface area contributed by atoms with Crippen molar-refractivity contribution in [2.75, 3.05) is 25.1 Å². The number of ether oxygens (including phenoxy) is 1. The van der Waals surface area contributed by atoms with E-state index in [2.05, 4.69) is 15.9 Å². The predicted octanol–water partition coefficient (Wildman–Crippen LogP) is 3.07. The molecule has 1 amide bonds. The minimum Gasteiger partial charge on any atom is -0.466 e. The van der Waals surface area contributed by atoms with Crippen molar-refractivity contribution < 1.29 is 19.4 Å². The Balaban J connectivity index is 1.86. The number of aliphatic hydroxyl groups is 1. The normalized spacial score (nSPS) is 16.3. The summed E-state index contributed by atoms with van der Waals surface area (Å²) in [6.07, 6.45) is 1.17. The largest absolute Gasteiger partial charge is 0.466 e. The van der Waals surface area contributed by atoms with Gasteiger partial charge in [0, 0.05) is 38.3 Å². The quantitative estimate of drug-likeness (QED) is 0.519. The number of fused-ring (bicyclic) bond motifs is 1. The Bertz CT molecular complexity index is 884. The summed E-state index contributed by atoms with van der Waals surface area (Å²) in [4.78, 5) is 27.1. The molecule has 2 aromatic rings. The van der Waals surface area contributed by atoms with E-state index in [1.54, 1.807) is 24.1 Å². The van der Waals surface area contributed by atoms with Gasteiger partial charge in [-0.3, -0.25) is 14.5 Å². The molecule has 0 saturated heterocycles. The highest BCUT2D eigenvalue weighted by molar-refractivity contribution is 9.10. The Morgan fingerprint density at radius 1 is 1.32 bits per heavy atom. The molecule has 1 atom stereocenters. The summed E-state index contributed by atoms with van der Waals surface area (Å²) >= 11 is 9.45. The standard InChI is InChI=1S/C19H21BrClN3O4/c1-12(25)28-9-3-8-24-18(26)17-16(22(2)19(24)27)15(20)11-23(17)10-13-4-6-14(21)7-5-13/h4-7,11,19,27H,3,8-10H2,1-2H3. The van der Waals surface area contributed by atoms with E-state index in [-0.39, 0.29) is 25.0 Å². The molecule has 1 aromatic carbocycles. The third-order valence-electron chi connectivity index (χ3n) is 4.56. The molecule has 0 bridgehead atoms. The van der Waals surface area contributed by atoms with Gasteiger partial charge in [-0.25, -0.2) is 0 Å². The van der Waals surface area contributed by atoms with Crippen LogP contribution in [0.3, 0.4) is 0 Å². The summed E-state index contributed by atoms with van der Waals surface area (Å²) in [5.41, 5.74) is 2.13. The van der Waals surface area contributed by atoms with Crippen LogP contribution in [0.15, 0.2) is 34.9 Å². The van der Waals surface area contributed by atoms with Crippen LogP contribution in [0, 0.1) is 0 Å². The van der Waals surface area contributed by atoms with Gasteiger partial charge in [0.2, 0.25) is 6.35 Å². The monoisotopic (exact) mass is 469 g/mol. The molecule has 1 aliphatic rings. The summed E-state index contributed by atoms with van der Waals surface area (Å²) in [7, 11) is 1.73. The lowest BCUT2D eigenvalue weighted by Gasteiger charge is -2.39. The van der Waals surface area contributed by atoms with Crippen LogP contribution >= 0.6 is 27.5 Å². The van der Waals surface area contributed by atoms with Crippen molar-refractivity contribution in [2.24, 2.45) is 0 Å². The third-order valence-corrected chi connectivity index (χ3v) is 5.40. The summed E-state index contributed by atoms with van der Waals surface area (Å²) in [5.74, 6) is -0.645. The SMILES string of the molecule is CC(=O)OCCCN1C(=O)c2c(c(Br)cn2Cc2ccc(Cl)cc2)N(C)C1O. The van der Waals surface area contributed by atoms with E-state index in [9.17, 15) is 14.7 Å². The maximum Gasteiger partial charge on any atom is 0.302 e. The molecule has 0 fully saturated rings. The van der Waals surface area contributed by atoms with E-state index in [4.69, 9.17) is 16.3 Å². The highest BCUT2D eigenvalue weighted by Crippen LogP contribution is 2.37. The van der Waals surface area contributed by atoms with Gasteiger partial charge in [0.15, 0.2) is 0 Å². The summed E-state index contributed by atoms with van der Waals surface area (Å²) < 4.78 is 7.50. The number of esters is 1.